The fraction of sp³-hybridized carbons (Fsp3) is 0.480. The van der Waals surface area contributed by atoms with Crippen molar-refractivity contribution in [2.24, 2.45) is 0 Å². The maximum Gasteiger partial charge on any atom is 0.236 e. The zero-order valence-corrected chi connectivity index (χ0v) is 19.9. The van der Waals surface area contributed by atoms with Crippen molar-refractivity contribution in [2.75, 3.05) is 61.1 Å². The maximum absolute atomic E-state index is 12.8. The predicted molar refractivity (Wildman–Crippen MR) is 125 cm³/mol. The van der Waals surface area contributed by atoms with Crippen molar-refractivity contribution in [3.05, 3.63) is 53.1 Å². The van der Waals surface area contributed by atoms with E-state index in [4.69, 9.17) is 14.2 Å². The molecule has 1 fully saturated rings. The van der Waals surface area contributed by atoms with Crippen LogP contribution in [0.3, 0.4) is 0 Å². The summed E-state index contributed by atoms with van der Waals surface area (Å²) in [6.07, 6.45) is 0. The van der Waals surface area contributed by atoms with Gasteiger partial charge in [-0.3, -0.25) is 14.6 Å². The molecule has 0 saturated carbocycles. The number of benzene rings is 2. The van der Waals surface area contributed by atoms with E-state index in [2.05, 4.69) is 22.8 Å². The fourth-order valence-corrected chi connectivity index (χ4v) is 4.02. The van der Waals surface area contributed by atoms with Gasteiger partial charge in [-0.25, -0.2) is 0 Å². The summed E-state index contributed by atoms with van der Waals surface area (Å²) >= 11 is 0. The first kappa shape index (κ1) is 23.9. The number of carbonyl (C=O) groups is 1. The molecule has 0 unspecified atom stereocenters. The van der Waals surface area contributed by atoms with Gasteiger partial charge in [0.2, 0.25) is 5.91 Å². The zero-order chi connectivity index (χ0) is 23.1. The van der Waals surface area contributed by atoms with E-state index in [1.165, 1.54) is 11.1 Å². The Morgan fingerprint density at radius 3 is 2.16 bits per heavy atom. The number of hydrogen-bond acceptors (Lipinski definition) is 6. The van der Waals surface area contributed by atoms with Gasteiger partial charge in [-0.1, -0.05) is 12.1 Å². The molecule has 0 aliphatic carbocycles. The molecule has 3 rings (SSSR count). The lowest BCUT2D eigenvalue weighted by molar-refractivity contribution is -0.134. The fourth-order valence-electron chi connectivity index (χ4n) is 4.02. The molecule has 7 nitrogen and oxygen atoms in total. The van der Waals surface area contributed by atoms with Crippen LogP contribution >= 0.6 is 0 Å². The van der Waals surface area contributed by atoms with Crippen molar-refractivity contribution >= 4 is 5.91 Å². The molecular weight excluding hydrogens is 406 g/mol. The first-order chi connectivity index (χ1) is 15.4. The lowest BCUT2D eigenvalue weighted by atomic mass is 10.1. The van der Waals surface area contributed by atoms with E-state index >= 15 is 0 Å². The molecule has 1 heterocycles. The largest absolute Gasteiger partial charge is 0.497 e. The molecule has 0 N–H and O–H groups in total. The molecule has 1 aliphatic heterocycles. The number of rotatable bonds is 9. The summed E-state index contributed by atoms with van der Waals surface area (Å²) in [5.41, 5.74) is 3.57. The first-order valence-corrected chi connectivity index (χ1v) is 11.0. The Kier molecular flexibility index (Phi) is 8.36. The van der Waals surface area contributed by atoms with Crippen molar-refractivity contribution in [1.29, 1.82) is 0 Å². The van der Waals surface area contributed by atoms with E-state index in [1.807, 2.05) is 42.3 Å². The Balaban J connectivity index is 1.48. The highest BCUT2D eigenvalue weighted by Crippen LogP contribution is 2.31. The number of piperazine rings is 1. The van der Waals surface area contributed by atoms with Crippen molar-refractivity contribution in [1.82, 2.24) is 14.7 Å². The second kappa shape index (κ2) is 11.2. The van der Waals surface area contributed by atoms with Gasteiger partial charge in [-0.05, 0) is 54.9 Å². The van der Waals surface area contributed by atoms with Gasteiger partial charge in [0.15, 0.2) is 11.5 Å². The van der Waals surface area contributed by atoms with Crippen LogP contribution < -0.4 is 14.2 Å². The average molecular weight is 442 g/mol. The van der Waals surface area contributed by atoms with E-state index in [0.29, 0.717) is 6.54 Å². The molecule has 1 amide bonds. The van der Waals surface area contributed by atoms with Gasteiger partial charge in [-0.2, -0.15) is 0 Å². The van der Waals surface area contributed by atoms with Crippen LogP contribution in [0.2, 0.25) is 0 Å². The molecule has 0 radical (unpaired) electrons. The molecule has 7 heteroatoms. The average Bonchev–Trinajstić information content (AvgIpc) is 2.80. The summed E-state index contributed by atoms with van der Waals surface area (Å²) < 4.78 is 16.0. The van der Waals surface area contributed by atoms with E-state index in [-0.39, 0.29) is 5.91 Å². The van der Waals surface area contributed by atoms with E-state index < -0.39 is 0 Å². The van der Waals surface area contributed by atoms with Crippen molar-refractivity contribution in [2.45, 2.75) is 20.0 Å². The minimum atomic E-state index is 0.183. The minimum absolute atomic E-state index is 0.183. The first-order valence-electron chi connectivity index (χ1n) is 11.0. The SMILES string of the molecule is COc1ccc(CN(C)CC(=O)N2CCN(Cc3cc(OC)c(OC)cc3C)CC2)cc1. The minimum Gasteiger partial charge on any atom is -0.497 e. The Bertz CT molecular complexity index is 893. The summed E-state index contributed by atoms with van der Waals surface area (Å²) in [6.45, 7) is 7.31. The summed E-state index contributed by atoms with van der Waals surface area (Å²) in [4.78, 5) is 19.2. The second-order valence-electron chi connectivity index (χ2n) is 8.31. The monoisotopic (exact) mass is 441 g/mol. The Morgan fingerprint density at radius 2 is 1.56 bits per heavy atom. The van der Waals surface area contributed by atoms with Crippen LogP contribution in [0.4, 0.5) is 0 Å². The number of likely N-dealkylation sites (N-methyl/N-ethyl adjacent to an activating group) is 1. The van der Waals surface area contributed by atoms with Gasteiger partial charge >= 0.3 is 0 Å². The zero-order valence-electron chi connectivity index (χ0n) is 19.9. The molecule has 2 aromatic carbocycles. The number of ether oxygens (including phenoxy) is 3. The van der Waals surface area contributed by atoms with Crippen molar-refractivity contribution in [3.8, 4) is 17.2 Å². The van der Waals surface area contributed by atoms with Gasteiger partial charge in [0.25, 0.3) is 0 Å². The Hall–Kier alpha value is -2.77. The molecular formula is C25H35N3O4. The second-order valence-corrected chi connectivity index (χ2v) is 8.31. The molecule has 0 atom stereocenters. The highest BCUT2D eigenvalue weighted by molar-refractivity contribution is 5.78. The quantitative estimate of drug-likeness (QED) is 0.597. The topological polar surface area (TPSA) is 54.5 Å². The van der Waals surface area contributed by atoms with Crippen LogP contribution in [0.5, 0.6) is 17.2 Å². The molecule has 2 aromatic rings. The lowest BCUT2D eigenvalue weighted by Crippen LogP contribution is -2.50. The number of aryl methyl sites for hydroxylation is 1. The van der Waals surface area contributed by atoms with E-state index in [0.717, 1.165) is 62.1 Å². The number of methoxy groups -OCH3 is 3. The summed E-state index contributed by atoms with van der Waals surface area (Å²) in [5, 5.41) is 0. The Labute approximate surface area is 191 Å². The van der Waals surface area contributed by atoms with Crippen molar-refractivity contribution in [3.63, 3.8) is 0 Å². The van der Waals surface area contributed by atoms with Gasteiger partial charge < -0.3 is 19.1 Å². The van der Waals surface area contributed by atoms with E-state index in [1.54, 1.807) is 21.3 Å². The molecule has 1 aliphatic rings. The van der Waals surface area contributed by atoms with Gasteiger partial charge in [-0.15, -0.1) is 0 Å². The molecule has 32 heavy (non-hydrogen) atoms. The Morgan fingerprint density at radius 1 is 0.938 bits per heavy atom. The maximum atomic E-state index is 12.8. The highest BCUT2D eigenvalue weighted by atomic mass is 16.5. The third kappa shape index (κ3) is 6.14. The molecule has 1 saturated heterocycles. The molecule has 0 spiro atoms. The number of amides is 1. The predicted octanol–water partition coefficient (Wildman–Crippen LogP) is 2.80. The number of carbonyl (C=O) groups excluding carboxylic acids is 1. The lowest BCUT2D eigenvalue weighted by Gasteiger charge is -2.35. The van der Waals surface area contributed by atoms with Crippen LogP contribution in [-0.4, -0.2) is 81.7 Å². The number of nitrogens with zero attached hydrogens (tertiary/aromatic N) is 3. The normalized spacial score (nSPS) is 14.5. The summed E-state index contributed by atoms with van der Waals surface area (Å²) in [5.74, 6) is 2.53. The van der Waals surface area contributed by atoms with Gasteiger partial charge in [0, 0.05) is 39.3 Å². The molecule has 0 bridgehead atoms. The van der Waals surface area contributed by atoms with Crippen LogP contribution in [0.15, 0.2) is 36.4 Å². The smallest absolute Gasteiger partial charge is 0.236 e. The third-order valence-corrected chi connectivity index (χ3v) is 5.98. The van der Waals surface area contributed by atoms with Crippen LogP contribution in [0.25, 0.3) is 0 Å². The van der Waals surface area contributed by atoms with Gasteiger partial charge in [0.1, 0.15) is 5.75 Å². The van der Waals surface area contributed by atoms with Crippen molar-refractivity contribution < 1.29 is 19.0 Å². The van der Waals surface area contributed by atoms with Crippen LogP contribution in [0, 0.1) is 6.92 Å². The van der Waals surface area contributed by atoms with Crippen LogP contribution in [0.1, 0.15) is 16.7 Å². The van der Waals surface area contributed by atoms with E-state index in [9.17, 15) is 4.79 Å². The molecule has 0 aromatic heterocycles. The standard InChI is InChI=1S/C25H35N3O4/c1-19-14-23(31-4)24(32-5)15-21(19)17-27-10-12-28(13-11-27)25(29)18-26(2)16-20-6-8-22(30-3)9-7-20/h6-9,14-15H,10-13,16-18H2,1-5H3. The van der Waals surface area contributed by atoms with Gasteiger partial charge in [0.05, 0.1) is 27.9 Å². The summed E-state index contributed by atoms with van der Waals surface area (Å²) in [6, 6.07) is 12.0. The highest BCUT2D eigenvalue weighted by Gasteiger charge is 2.22. The summed E-state index contributed by atoms with van der Waals surface area (Å²) in [7, 11) is 6.96. The molecule has 174 valence electrons. The van der Waals surface area contributed by atoms with Crippen LogP contribution in [-0.2, 0) is 17.9 Å². The number of hydrogen-bond donors (Lipinski definition) is 0. The third-order valence-electron chi connectivity index (χ3n) is 5.98.